The Morgan fingerprint density at radius 3 is 2.52 bits per heavy atom. The molecule has 1 aliphatic heterocycles. The van der Waals surface area contributed by atoms with E-state index >= 15 is 0 Å². The molecule has 0 spiro atoms. The third-order valence-corrected chi connectivity index (χ3v) is 5.61. The summed E-state index contributed by atoms with van der Waals surface area (Å²) in [6, 6.07) is 12.2. The third-order valence-electron chi connectivity index (χ3n) is 5.61. The lowest BCUT2D eigenvalue weighted by Crippen LogP contribution is -2.63. The van der Waals surface area contributed by atoms with Gasteiger partial charge in [-0.1, -0.05) is 37.3 Å². The van der Waals surface area contributed by atoms with Gasteiger partial charge in [-0.05, 0) is 51.0 Å². The predicted molar refractivity (Wildman–Crippen MR) is 89.5 cm³/mol. The smallest absolute Gasteiger partial charge is 0.0236 e. The average molecular weight is 286 g/mol. The minimum atomic E-state index is 0.373. The molecule has 0 radical (unpaired) electrons. The summed E-state index contributed by atoms with van der Waals surface area (Å²) in [5, 5.41) is 3.79. The van der Waals surface area contributed by atoms with Crippen molar-refractivity contribution in [2.24, 2.45) is 5.92 Å². The zero-order chi connectivity index (χ0) is 14.9. The molecule has 0 aromatic heterocycles. The Bertz CT molecular complexity index is 450. The van der Waals surface area contributed by atoms with Crippen molar-refractivity contribution >= 4 is 0 Å². The first-order valence-corrected chi connectivity index (χ1v) is 8.65. The van der Waals surface area contributed by atoms with E-state index in [2.05, 4.69) is 61.3 Å². The fourth-order valence-corrected chi connectivity index (χ4v) is 3.99. The topological polar surface area (TPSA) is 15.3 Å². The van der Waals surface area contributed by atoms with Gasteiger partial charge in [0, 0.05) is 30.7 Å². The minimum Gasteiger partial charge on any atom is -0.311 e. The molecule has 2 nitrogen and oxygen atoms in total. The molecule has 21 heavy (non-hydrogen) atoms. The van der Waals surface area contributed by atoms with Gasteiger partial charge in [0.1, 0.15) is 0 Å². The van der Waals surface area contributed by atoms with Gasteiger partial charge in [0.2, 0.25) is 0 Å². The molecule has 3 rings (SSSR count). The number of hydrogen-bond acceptors (Lipinski definition) is 2. The Morgan fingerprint density at radius 2 is 1.90 bits per heavy atom. The molecule has 1 heterocycles. The molecule has 1 aromatic rings. The molecule has 1 aromatic carbocycles. The maximum absolute atomic E-state index is 3.79. The van der Waals surface area contributed by atoms with E-state index in [1.807, 2.05) is 0 Å². The first kappa shape index (κ1) is 15.1. The van der Waals surface area contributed by atoms with Crippen LogP contribution in [0.1, 0.15) is 45.6 Å². The Balaban J connectivity index is 1.69. The van der Waals surface area contributed by atoms with Crippen LogP contribution in [0.2, 0.25) is 0 Å². The number of rotatable bonds is 5. The van der Waals surface area contributed by atoms with Gasteiger partial charge in [-0.15, -0.1) is 0 Å². The van der Waals surface area contributed by atoms with E-state index in [9.17, 15) is 0 Å². The number of nitrogens with zero attached hydrogens (tertiary/aromatic N) is 1. The van der Waals surface area contributed by atoms with E-state index < -0.39 is 0 Å². The summed E-state index contributed by atoms with van der Waals surface area (Å²) in [7, 11) is 0. The van der Waals surface area contributed by atoms with Crippen LogP contribution in [0.25, 0.3) is 0 Å². The highest BCUT2D eigenvalue weighted by Gasteiger charge is 2.45. The van der Waals surface area contributed by atoms with Crippen LogP contribution in [-0.4, -0.2) is 35.6 Å². The quantitative estimate of drug-likeness (QED) is 0.891. The van der Waals surface area contributed by atoms with Crippen molar-refractivity contribution in [3.63, 3.8) is 0 Å². The lowest BCUT2D eigenvalue weighted by Gasteiger charge is -2.49. The minimum absolute atomic E-state index is 0.373. The molecule has 2 aliphatic rings. The second kappa shape index (κ2) is 6.10. The van der Waals surface area contributed by atoms with E-state index in [0.717, 1.165) is 18.9 Å². The number of benzene rings is 1. The Morgan fingerprint density at radius 1 is 1.19 bits per heavy atom. The van der Waals surface area contributed by atoms with Crippen molar-refractivity contribution in [1.82, 2.24) is 10.2 Å². The first-order chi connectivity index (χ1) is 10.1. The zero-order valence-corrected chi connectivity index (χ0v) is 13.8. The summed E-state index contributed by atoms with van der Waals surface area (Å²) in [6.45, 7) is 9.61. The molecule has 2 heteroatoms. The summed E-state index contributed by atoms with van der Waals surface area (Å²) >= 11 is 0. The zero-order valence-electron chi connectivity index (χ0n) is 13.8. The Hall–Kier alpha value is -0.860. The van der Waals surface area contributed by atoms with Gasteiger partial charge in [0.05, 0.1) is 0 Å². The molecule has 116 valence electrons. The Labute approximate surface area is 129 Å². The van der Waals surface area contributed by atoms with Crippen LogP contribution in [0.5, 0.6) is 0 Å². The average Bonchev–Trinajstić information content (AvgIpc) is 3.33. The summed E-state index contributed by atoms with van der Waals surface area (Å²) in [5.74, 6) is 0.919. The van der Waals surface area contributed by atoms with Crippen LogP contribution < -0.4 is 5.32 Å². The molecule has 2 unspecified atom stereocenters. The van der Waals surface area contributed by atoms with Gasteiger partial charge >= 0.3 is 0 Å². The van der Waals surface area contributed by atoms with Crippen LogP contribution in [0, 0.1) is 5.92 Å². The lowest BCUT2D eigenvalue weighted by atomic mass is 9.90. The molecule has 1 saturated heterocycles. The largest absolute Gasteiger partial charge is 0.311 e. The predicted octanol–water partition coefficient (Wildman–Crippen LogP) is 3.47. The van der Waals surface area contributed by atoms with E-state index in [1.54, 1.807) is 0 Å². The van der Waals surface area contributed by atoms with Crippen LogP contribution in [0.3, 0.4) is 0 Å². The second-order valence-corrected chi connectivity index (χ2v) is 7.44. The van der Waals surface area contributed by atoms with E-state index in [-0.39, 0.29) is 0 Å². The van der Waals surface area contributed by atoms with Crippen molar-refractivity contribution in [3.8, 4) is 0 Å². The maximum atomic E-state index is 3.79. The third kappa shape index (κ3) is 3.32. The highest BCUT2D eigenvalue weighted by Crippen LogP contribution is 2.44. The van der Waals surface area contributed by atoms with E-state index in [1.165, 1.54) is 31.4 Å². The van der Waals surface area contributed by atoms with Crippen LogP contribution >= 0.6 is 0 Å². The van der Waals surface area contributed by atoms with E-state index in [0.29, 0.717) is 17.6 Å². The van der Waals surface area contributed by atoms with Crippen molar-refractivity contribution in [1.29, 1.82) is 0 Å². The van der Waals surface area contributed by atoms with Crippen molar-refractivity contribution in [2.75, 3.05) is 13.1 Å². The molecule has 1 aliphatic carbocycles. The van der Waals surface area contributed by atoms with Gasteiger partial charge in [0.25, 0.3) is 0 Å². The molecule has 0 amide bonds. The summed E-state index contributed by atoms with van der Waals surface area (Å²) < 4.78 is 0. The second-order valence-electron chi connectivity index (χ2n) is 7.44. The summed E-state index contributed by atoms with van der Waals surface area (Å²) in [5.41, 5.74) is 1.83. The molecule has 1 N–H and O–H groups in total. The number of nitrogens with one attached hydrogen (secondary N) is 1. The molecular formula is C19H30N2. The van der Waals surface area contributed by atoms with Crippen molar-refractivity contribution < 1.29 is 0 Å². The first-order valence-electron chi connectivity index (χ1n) is 8.65. The van der Waals surface area contributed by atoms with Gasteiger partial charge in [-0.2, -0.15) is 0 Å². The van der Waals surface area contributed by atoms with Crippen LogP contribution in [0.15, 0.2) is 30.3 Å². The number of piperazine rings is 1. The molecule has 2 fully saturated rings. The summed E-state index contributed by atoms with van der Waals surface area (Å²) in [4.78, 5) is 2.81. The Kier molecular flexibility index (Phi) is 4.37. The highest BCUT2D eigenvalue weighted by atomic mass is 15.3. The van der Waals surface area contributed by atoms with Crippen LogP contribution in [0.4, 0.5) is 0 Å². The van der Waals surface area contributed by atoms with Gasteiger partial charge in [-0.3, -0.25) is 4.90 Å². The standard InChI is InChI=1S/C19H30N2/c1-4-18-13-20-17(12-15-8-6-5-7-9-15)14-21(18)19(2,3)16-10-11-16/h5-9,16-18,20H,4,10-14H2,1-3H3. The summed E-state index contributed by atoms with van der Waals surface area (Å²) in [6.07, 6.45) is 5.25. The highest BCUT2D eigenvalue weighted by molar-refractivity contribution is 5.16. The lowest BCUT2D eigenvalue weighted by molar-refractivity contribution is 0.0153. The molecule has 1 saturated carbocycles. The SMILES string of the molecule is CCC1CNC(Cc2ccccc2)CN1C(C)(C)C1CC1. The van der Waals surface area contributed by atoms with Gasteiger partial charge < -0.3 is 5.32 Å². The molecule has 2 atom stereocenters. The van der Waals surface area contributed by atoms with Crippen molar-refractivity contribution in [2.45, 2.75) is 64.1 Å². The maximum Gasteiger partial charge on any atom is 0.0236 e. The normalized spacial score (nSPS) is 27.8. The van der Waals surface area contributed by atoms with Crippen molar-refractivity contribution in [3.05, 3.63) is 35.9 Å². The monoisotopic (exact) mass is 286 g/mol. The molecular weight excluding hydrogens is 256 g/mol. The van der Waals surface area contributed by atoms with Crippen LogP contribution in [-0.2, 0) is 6.42 Å². The molecule has 0 bridgehead atoms. The van der Waals surface area contributed by atoms with Gasteiger partial charge in [-0.25, -0.2) is 0 Å². The fourth-order valence-electron chi connectivity index (χ4n) is 3.99. The van der Waals surface area contributed by atoms with E-state index in [4.69, 9.17) is 0 Å². The fraction of sp³-hybridized carbons (Fsp3) is 0.684. The van der Waals surface area contributed by atoms with Gasteiger partial charge in [0.15, 0.2) is 0 Å². The number of hydrogen-bond donors (Lipinski definition) is 1.